The SMILES string of the molecule is O=C(NCC(=O)N1CCC(O)CC1)c1cc2ccccc2[nH]1. The van der Waals surface area contributed by atoms with Gasteiger partial charge in [-0.2, -0.15) is 0 Å². The van der Waals surface area contributed by atoms with Crippen LogP contribution in [0, 0.1) is 0 Å². The van der Waals surface area contributed by atoms with Gasteiger partial charge in [0, 0.05) is 24.0 Å². The van der Waals surface area contributed by atoms with Gasteiger partial charge in [-0.25, -0.2) is 0 Å². The highest BCUT2D eigenvalue weighted by atomic mass is 16.3. The molecule has 1 saturated heterocycles. The van der Waals surface area contributed by atoms with E-state index in [-0.39, 0.29) is 24.5 Å². The monoisotopic (exact) mass is 301 g/mol. The van der Waals surface area contributed by atoms with Crippen LogP contribution in [0.5, 0.6) is 0 Å². The number of piperidine rings is 1. The second-order valence-corrected chi connectivity index (χ2v) is 5.56. The lowest BCUT2D eigenvalue weighted by Gasteiger charge is -2.29. The summed E-state index contributed by atoms with van der Waals surface area (Å²) in [4.78, 5) is 28.8. The van der Waals surface area contributed by atoms with Crippen LogP contribution in [0.2, 0.25) is 0 Å². The minimum absolute atomic E-state index is 0.0235. The number of H-pyrrole nitrogens is 1. The van der Waals surface area contributed by atoms with Crippen LogP contribution in [0.1, 0.15) is 23.3 Å². The van der Waals surface area contributed by atoms with E-state index in [1.165, 1.54) is 0 Å². The maximum Gasteiger partial charge on any atom is 0.268 e. The lowest BCUT2D eigenvalue weighted by atomic mass is 10.1. The number of fused-ring (bicyclic) bond motifs is 1. The van der Waals surface area contributed by atoms with E-state index in [1.807, 2.05) is 24.3 Å². The van der Waals surface area contributed by atoms with Crippen molar-refractivity contribution in [2.45, 2.75) is 18.9 Å². The van der Waals surface area contributed by atoms with E-state index in [1.54, 1.807) is 11.0 Å². The first-order chi connectivity index (χ1) is 10.6. The smallest absolute Gasteiger partial charge is 0.268 e. The molecule has 0 atom stereocenters. The number of carbonyl (C=O) groups excluding carboxylic acids is 2. The summed E-state index contributed by atoms with van der Waals surface area (Å²) >= 11 is 0. The number of nitrogens with zero attached hydrogens (tertiary/aromatic N) is 1. The van der Waals surface area contributed by atoms with Gasteiger partial charge in [-0.05, 0) is 25.0 Å². The maximum absolute atomic E-state index is 12.1. The number of hydrogen-bond acceptors (Lipinski definition) is 3. The predicted molar refractivity (Wildman–Crippen MR) is 82.5 cm³/mol. The van der Waals surface area contributed by atoms with Crippen molar-refractivity contribution in [1.29, 1.82) is 0 Å². The van der Waals surface area contributed by atoms with Crippen LogP contribution in [0.4, 0.5) is 0 Å². The Balaban J connectivity index is 1.56. The summed E-state index contributed by atoms with van der Waals surface area (Å²) in [6.45, 7) is 1.06. The van der Waals surface area contributed by atoms with Crippen LogP contribution in [-0.2, 0) is 4.79 Å². The molecule has 0 unspecified atom stereocenters. The Morgan fingerprint density at radius 1 is 1.27 bits per heavy atom. The van der Waals surface area contributed by atoms with Crippen molar-refractivity contribution in [1.82, 2.24) is 15.2 Å². The molecule has 2 heterocycles. The van der Waals surface area contributed by atoms with Crippen LogP contribution in [0.3, 0.4) is 0 Å². The van der Waals surface area contributed by atoms with Gasteiger partial charge in [0.15, 0.2) is 0 Å². The summed E-state index contributed by atoms with van der Waals surface area (Å²) in [6, 6.07) is 9.40. The molecule has 3 rings (SSSR count). The van der Waals surface area contributed by atoms with Gasteiger partial charge in [-0.15, -0.1) is 0 Å². The van der Waals surface area contributed by atoms with Crippen LogP contribution in [-0.4, -0.2) is 52.5 Å². The highest BCUT2D eigenvalue weighted by Gasteiger charge is 2.21. The van der Waals surface area contributed by atoms with Crippen molar-refractivity contribution in [2.24, 2.45) is 0 Å². The molecule has 2 amide bonds. The lowest BCUT2D eigenvalue weighted by Crippen LogP contribution is -2.45. The van der Waals surface area contributed by atoms with Crippen LogP contribution in [0.15, 0.2) is 30.3 Å². The lowest BCUT2D eigenvalue weighted by molar-refractivity contribution is -0.132. The second kappa shape index (κ2) is 6.19. The largest absolute Gasteiger partial charge is 0.393 e. The molecule has 116 valence electrons. The van der Waals surface area contributed by atoms with Crippen molar-refractivity contribution in [3.8, 4) is 0 Å². The predicted octanol–water partition coefficient (Wildman–Crippen LogP) is 0.881. The molecule has 1 aliphatic heterocycles. The van der Waals surface area contributed by atoms with E-state index in [0.717, 1.165) is 10.9 Å². The maximum atomic E-state index is 12.1. The third-order valence-electron chi connectivity index (χ3n) is 3.99. The summed E-state index contributed by atoms with van der Waals surface area (Å²) in [5, 5.41) is 13.0. The van der Waals surface area contributed by atoms with E-state index < -0.39 is 0 Å². The molecule has 1 aliphatic rings. The first kappa shape index (κ1) is 14.6. The van der Waals surface area contributed by atoms with Gasteiger partial charge in [-0.1, -0.05) is 18.2 Å². The molecule has 1 fully saturated rings. The van der Waals surface area contributed by atoms with Gasteiger partial charge < -0.3 is 20.3 Å². The van der Waals surface area contributed by atoms with Crippen molar-refractivity contribution in [2.75, 3.05) is 19.6 Å². The summed E-state index contributed by atoms with van der Waals surface area (Å²) < 4.78 is 0. The van der Waals surface area contributed by atoms with Gasteiger partial charge in [0.2, 0.25) is 5.91 Å². The van der Waals surface area contributed by atoms with Crippen molar-refractivity contribution in [3.63, 3.8) is 0 Å². The highest BCUT2D eigenvalue weighted by molar-refractivity contribution is 5.99. The number of para-hydroxylation sites is 1. The third-order valence-corrected chi connectivity index (χ3v) is 3.99. The van der Waals surface area contributed by atoms with E-state index >= 15 is 0 Å². The van der Waals surface area contributed by atoms with Crippen LogP contribution in [0.25, 0.3) is 10.9 Å². The molecule has 6 nitrogen and oxygen atoms in total. The number of aliphatic hydroxyl groups is 1. The molecule has 6 heteroatoms. The molecule has 3 N–H and O–H groups in total. The number of nitrogens with one attached hydrogen (secondary N) is 2. The van der Waals surface area contributed by atoms with Crippen molar-refractivity contribution in [3.05, 3.63) is 36.0 Å². The van der Waals surface area contributed by atoms with Gasteiger partial charge in [-0.3, -0.25) is 9.59 Å². The first-order valence-electron chi connectivity index (χ1n) is 7.45. The molecular formula is C16H19N3O3. The molecule has 1 aromatic heterocycles. The average molecular weight is 301 g/mol. The van der Waals surface area contributed by atoms with Crippen LogP contribution < -0.4 is 5.32 Å². The normalized spacial score (nSPS) is 16.0. The van der Waals surface area contributed by atoms with E-state index in [0.29, 0.717) is 31.6 Å². The van der Waals surface area contributed by atoms with Gasteiger partial charge in [0.1, 0.15) is 5.69 Å². The average Bonchev–Trinajstić information content (AvgIpc) is 2.97. The number of carbonyl (C=O) groups is 2. The van der Waals surface area contributed by atoms with Gasteiger partial charge in [0.25, 0.3) is 5.91 Å². The standard InChI is InChI=1S/C16H19N3O3/c20-12-5-7-19(8-6-12)15(21)10-17-16(22)14-9-11-3-1-2-4-13(11)18-14/h1-4,9,12,18,20H,5-8,10H2,(H,17,22). The Labute approximate surface area is 128 Å². The van der Waals surface area contributed by atoms with Crippen molar-refractivity contribution < 1.29 is 14.7 Å². The Hall–Kier alpha value is -2.34. The van der Waals surface area contributed by atoms with Gasteiger partial charge in [0.05, 0.1) is 12.6 Å². The number of benzene rings is 1. The van der Waals surface area contributed by atoms with E-state index in [2.05, 4.69) is 10.3 Å². The Morgan fingerprint density at radius 2 is 2.00 bits per heavy atom. The minimum atomic E-state index is -0.315. The minimum Gasteiger partial charge on any atom is -0.393 e. The molecule has 2 aromatic rings. The Kier molecular flexibility index (Phi) is 4.11. The zero-order valence-corrected chi connectivity index (χ0v) is 12.2. The zero-order valence-electron chi connectivity index (χ0n) is 12.2. The first-order valence-corrected chi connectivity index (χ1v) is 7.45. The number of hydrogen-bond donors (Lipinski definition) is 3. The quantitative estimate of drug-likeness (QED) is 0.787. The summed E-state index contributed by atoms with van der Waals surface area (Å²) in [6.07, 6.45) is 0.883. The number of aromatic nitrogens is 1. The zero-order chi connectivity index (χ0) is 15.5. The topological polar surface area (TPSA) is 85.4 Å². The molecule has 0 spiro atoms. The number of aromatic amines is 1. The molecule has 22 heavy (non-hydrogen) atoms. The Bertz CT molecular complexity index is 654. The fourth-order valence-electron chi connectivity index (χ4n) is 2.67. The fraction of sp³-hybridized carbons (Fsp3) is 0.375. The van der Waals surface area contributed by atoms with Crippen molar-refractivity contribution >= 4 is 22.7 Å². The third kappa shape index (κ3) is 3.12. The fourth-order valence-corrected chi connectivity index (χ4v) is 2.67. The summed E-state index contributed by atoms with van der Waals surface area (Å²) in [5.41, 5.74) is 1.34. The van der Waals surface area contributed by atoms with E-state index in [9.17, 15) is 14.7 Å². The molecule has 0 radical (unpaired) electrons. The molecule has 0 bridgehead atoms. The number of aliphatic hydroxyl groups excluding tert-OH is 1. The molecule has 0 aliphatic carbocycles. The molecule has 0 saturated carbocycles. The number of likely N-dealkylation sites (tertiary alicyclic amines) is 1. The second-order valence-electron chi connectivity index (χ2n) is 5.56. The number of amides is 2. The van der Waals surface area contributed by atoms with Gasteiger partial charge >= 0.3 is 0 Å². The van der Waals surface area contributed by atoms with E-state index in [4.69, 9.17) is 0 Å². The summed E-state index contributed by atoms with van der Waals surface area (Å²) in [5.74, 6) is -0.405. The Morgan fingerprint density at radius 3 is 2.73 bits per heavy atom. The van der Waals surface area contributed by atoms with Crippen LogP contribution >= 0.6 is 0 Å². The molecular weight excluding hydrogens is 282 g/mol. The highest BCUT2D eigenvalue weighted by Crippen LogP contribution is 2.14. The number of rotatable bonds is 3. The molecule has 1 aromatic carbocycles. The summed E-state index contributed by atoms with van der Waals surface area (Å²) in [7, 11) is 0.